The van der Waals surface area contributed by atoms with Gasteiger partial charge in [0.05, 0.1) is 4.92 Å². The van der Waals surface area contributed by atoms with Gasteiger partial charge in [0.15, 0.2) is 5.13 Å². The lowest BCUT2D eigenvalue weighted by Crippen LogP contribution is -2.30. The standard InChI is InChI=1S/C23H22F2N4O3S2/c24-22(25)33-17-7-4-15(5-8-17)12-18-14-26-23(34-18)27-21(30)16-6-9-19(20(13-16)29(31)32)28-10-2-1-3-11-28/h4-9,13-14,22H,1-3,10-12H2,(H,26,27,30). The van der Waals surface area contributed by atoms with E-state index in [9.17, 15) is 23.7 Å². The first kappa shape index (κ1) is 24.1. The van der Waals surface area contributed by atoms with E-state index in [0.717, 1.165) is 42.8 Å². The number of halogens is 2. The highest BCUT2D eigenvalue weighted by Crippen LogP contribution is 2.32. The van der Waals surface area contributed by atoms with Crippen LogP contribution in [0.2, 0.25) is 0 Å². The van der Waals surface area contributed by atoms with Crippen LogP contribution in [0.15, 0.2) is 53.6 Å². The molecule has 11 heteroatoms. The molecule has 178 valence electrons. The first-order valence-corrected chi connectivity index (χ1v) is 12.4. The third kappa shape index (κ3) is 6.09. The van der Waals surface area contributed by atoms with Crippen molar-refractivity contribution in [2.24, 2.45) is 0 Å². The molecule has 0 atom stereocenters. The van der Waals surface area contributed by atoms with Gasteiger partial charge in [-0.15, -0.1) is 11.3 Å². The maximum absolute atomic E-state index is 12.7. The van der Waals surface area contributed by atoms with Crippen LogP contribution in [-0.2, 0) is 6.42 Å². The van der Waals surface area contributed by atoms with E-state index in [1.165, 1.54) is 17.4 Å². The number of hydrogen-bond donors (Lipinski definition) is 1. The van der Waals surface area contributed by atoms with Crippen molar-refractivity contribution in [3.63, 3.8) is 0 Å². The number of carbonyl (C=O) groups excluding carboxylic acids is 1. The number of hydrogen-bond acceptors (Lipinski definition) is 7. The first-order chi connectivity index (χ1) is 16.4. The number of nitrogens with zero attached hydrogens (tertiary/aromatic N) is 3. The Kier molecular flexibility index (Phi) is 7.73. The Bertz CT molecular complexity index is 1170. The van der Waals surface area contributed by atoms with E-state index in [0.29, 0.717) is 33.9 Å². The van der Waals surface area contributed by atoms with Gasteiger partial charge in [0.1, 0.15) is 5.69 Å². The number of rotatable bonds is 8. The number of thiazole rings is 1. The molecule has 1 saturated heterocycles. The van der Waals surface area contributed by atoms with Crippen LogP contribution < -0.4 is 10.2 Å². The molecule has 1 N–H and O–H groups in total. The van der Waals surface area contributed by atoms with Gasteiger partial charge < -0.3 is 4.90 Å². The fourth-order valence-corrected chi connectivity index (χ4v) is 5.16. The molecule has 1 aliphatic heterocycles. The normalized spacial score (nSPS) is 13.8. The lowest BCUT2D eigenvalue weighted by molar-refractivity contribution is -0.384. The molecule has 1 aliphatic rings. The number of carbonyl (C=O) groups is 1. The van der Waals surface area contributed by atoms with E-state index in [2.05, 4.69) is 10.3 Å². The van der Waals surface area contributed by atoms with Gasteiger partial charge in [-0.1, -0.05) is 23.9 Å². The van der Waals surface area contributed by atoms with Gasteiger partial charge in [-0.25, -0.2) is 4.98 Å². The molecule has 0 aliphatic carbocycles. The maximum atomic E-state index is 12.7. The molecule has 3 aromatic rings. The molecule has 0 bridgehead atoms. The maximum Gasteiger partial charge on any atom is 0.293 e. The fourth-order valence-electron chi connectivity index (χ4n) is 3.82. The number of benzene rings is 2. The summed E-state index contributed by atoms with van der Waals surface area (Å²) in [6.07, 6.45) is 5.28. The van der Waals surface area contributed by atoms with Crippen LogP contribution in [0.1, 0.15) is 40.1 Å². The van der Waals surface area contributed by atoms with Gasteiger partial charge in [0.25, 0.3) is 17.4 Å². The van der Waals surface area contributed by atoms with Gasteiger partial charge in [0, 0.05) is 47.1 Å². The number of piperidine rings is 1. The Morgan fingerprint density at radius 1 is 1.18 bits per heavy atom. The molecule has 7 nitrogen and oxygen atoms in total. The highest BCUT2D eigenvalue weighted by molar-refractivity contribution is 7.99. The average Bonchev–Trinajstić information content (AvgIpc) is 3.26. The number of aromatic nitrogens is 1. The fraction of sp³-hybridized carbons (Fsp3) is 0.304. The number of amides is 1. The van der Waals surface area contributed by atoms with Crippen LogP contribution in [0.25, 0.3) is 0 Å². The Morgan fingerprint density at radius 3 is 2.59 bits per heavy atom. The van der Waals surface area contributed by atoms with E-state index >= 15 is 0 Å². The summed E-state index contributed by atoms with van der Waals surface area (Å²) in [4.78, 5) is 31.5. The summed E-state index contributed by atoms with van der Waals surface area (Å²) in [6, 6.07) is 11.4. The van der Waals surface area contributed by atoms with E-state index in [1.54, 1.807) is 42.6 Å². The minimum absolute atomic E-state index is 0.0807. The molecular weight excluding hydrogens is 482 g/mol. The molecule has 34 heavy (non-hydrogen) atoms. The van der Waals surface area contributed by atoms with Crippen molar-refractivity contribution in [3.8, 4) is 0 Å². The van der Waals surface area contributed by atoms with Crippen molar-refractivity contribution in [3.05, 3.63) is 74.8 Å². The van der Waals surface area contributed by atoms with Gasteiger partial charge in [-0.05, 0) is 49.1 Å². The third-order valence-corrected chi connectivity index (χ3v) is 7.07. The predicted molar refractivity (Wildman–Crippen MR) is 130 cm³/mol. The zero-order valence-corrected chi connectivity index (χ0v) is 19.7. The molecule has 0 unspecified atom stereocenters. The minimum Gasteiger partial charge on any atom is -0.366 e. The minimum atomic E-state index is -2.46. The Labute approximate surface area is 203 Å². The number of nitro groups is 1. The van der Waals surface area contributed by atoms with Crippen molar-refractivity contribution in [1.82, 2.24) is 4.98 Å². The molecule has 0 saturated carbocycles. The summed E-state index contributed by atoms with van der Waals surface area (Å²) in [7, 11) is 0. The van der Waals surface area contributed by atoms with Crippen LogP contribution in [0.5, 0.6) is 0 Å². The largest absolute Gasteiger partial charge is 0.366 e. The molecule has 0 spiro atoms. The van der Waals surface area contributed by atoms with Crippen LogP contribution in [-0.4, -0.2) is 34.7 Å². The van der Waals surface area contributed by atoms with Crippen molar-refractivity contribution >= 4 is 45.5 Å². The predicted octanol–water partition coefficient (Wildman–Crippen LogP) is 6.20. The highest BCUT2D eigenvalue weighted by atomic mass is 32.2. The number of thioether (sulfide) groups is 1. The van der Waals surface area contributed by atoms with Crippen LogP contribution >= 0.6 is 23.1 Å². The van der Waals surface area contributed by atoms with Gasteiger partial charge in [0.2, 0.25) is 0 Å². The third-order valence-electron chi connectivity index (χ3n) is 5.43. The second-order valence-corrected chi connectivity index (χ2v) is 9.97. The van der Waals surface area contributed by atoms with Crippen molar-refractivity contribution in [1.29, 1.82) is 0 Å². The molecular formula is C23H22F2N4O3S2. The van der Waals surface area contributed by atoms with E-state index in [1.807, 2.05) is 4.90 Å². The summed E-state index contributed by atoms with van der Waals surface area (Å²) in [5, 5.41) is 14.7. The quantitative estimate of drug-likeness (QED) is 0.223. The number of nitro benzene ring substituents is 1. The zero-order valence-electron chi connectivity index (χ0n) is 18.1. The first-order valence-electron chi connectivity index (χ1n) is 10.7. The van der Waals surface area contributed by atoms with Crippen LogP contribution in [0, 0.1) is 10.1 Å². The SMILES string of the molecule is O=C(Nc1ncc(Cc2ccc(SC(F)F)cc2)s1)c1ccc(N2CCCCC2)c([N+](=O)[O-])c1. The van der Waals surface area contributed by atoms with Crippen molar-refractivity contribution < 1.29 is 18.5 Å². The summed E-state index contributed by atoms with van der Waals surface area (Å²) >= 11 is 1.79. The van der Waals surface area contributed by atoms with Gasteiger partial charge in [-0.3, -0.25) is 20.2 Å². The molecule has 2 heterocycles. The monoisotopic (exact) mass is 504 g/mol. The highest BCUT2D eigenvalue weighted by Gasteiger charge is 2.23. The van der Waals surface area contributed by atoms with E-state index in [4.69, 9.17) is 0 Å². The molecule has 1 fully saturated rings. The lowest BCUT2D eigenvalue weighted by Gasteiger charge is -2.28. The smallest absolute Gasteiger partial charge is 0.293 e. The molecule has 4 rings (SSSR count). The molecule has 1 amide bonds. The van der Waals surface area contributed by atoms with Crippen LogP contribution in [0.3, 0.4) is 0 Å². The summed E-state index contributed by atoms with van der Waals surface area (Å²) in [6.45, 7) is 1.53. The van der Waals surface area contributed by atoms with Crippen LogP contribution in [0.4, 0.5) is 25.3 Å². The van der Waals surface area contributed by atoms with E-state index < -0.39 is 16.6 Å². The number of anilines is 2. The van der Waals surface area contributed by atoms with Crippen molar-refractivity contribution in [2.45, 2.75) is 36.3 Å². The molecule has 1 aromatic heterocycles. The number of alkyl halides is 2. The zero-order chi connectivity index (χ0) is 24.1. The molecule has 0 radical (unpaired) electrons. The summed E-state index contributed by atoms with van der Waals surface area (Å²) < 4.78 is 24.9. The second kappa shape index (κ2) is 10.9. The second-order valence-electron chi connectivity index (χ2n) is 7.79. The Hall–Kier alpha value is -3.05. The average molecular weight is 505 g/mol. The van der Waals surface area contributed by atoms with Crippen molar-refractivity contribution in [2.75, 3.05) is 23.3 Å². The van der Waals surface area contributed by atoms with Gasteiger partial charge >= 0.3 is 0 Å². The number of nitrogens with one attached hydrogen (secondary N) is 1. The summed E-state index contributed by atoms with van der Waals surface area (Å²) in [5.74, 6) is -2.93. The molecule has 2 aromatic carbocycles. The summed E-state index contributed by atoms with van der Waals surface area (Å²) in [5.41, 5.74) is 1.58. The lowest BCUT2D eigenvalue weighted by atomic mass is 10.1. The Balaban J connectivity index is 1.42. The van der Waals surface area contributed by atoms with E-state index in [-0.39, 0.29) is 11.3 Å². The Morgan fingerprint density at radius 2 is 1.91 bits per heavy atom. The topological polar surface area (TPSA) is 88.4 Å². The van der Waals surface area contributed by atoms with Gasteiger partial charge in [-0.2, -0.15) is 8.78 Å².